The van der Waals surface area contributed by atoms with E-state index in [1.807, 2.05) is 0 Å². The average Bonchev–Trinajstić information content (AvgIpc) is 2.83. The van der Waals surface area contributed by atoms with Crippen LogP contribution in [-0.4, -0.2) is 36.8 Å². The number of hydrogen-bond donors (Lipinski definition) is 0. The van der Waals surface area contributed by atoms with Crippen LogP contribution < -0.4 is 10.9 Å². The second kappa shape index (κ2) is 5.52. The van der Waals surface area contributed by atoms with Crippen molar-refractivity contribution in [2.75, 3.05) is 14.2 Å². The number of fused-ring (bicyclic) bond motifs is 1. The fourth-order valence-corrected chi connectivity index (χ4v) is 2.63. The molecule has 0 amide bonds. The Hall–Kier alpha value is -1.05. The summed E-state index contributed by atoms with van der Waals surface area (Å²) in [4.78, 5) is 0. The van der Waals surface area contributed by atoms with Gasteiger partial charge in [-0.15, -0.1) is 0 Å². The van der Waals surface area contributed by atoms with Crippen LogP contribution in [0, 0.1) is 11.6 Å². The molecule has 1 heterocycles. The van der Waals surface area contributed by atoms with Gasteiger partial charge < -0.3 is 9.31 Å². The van der Waals surface area contributed by atoms with Crippen molar-refractivity contribution in [1.29, 1.82) is 0 Å². The van der Waals surface area contributed by atoms with Crippen molar-refractivity contribution in [3.63, 3.8) is 0 Å². The lowest BCUT2D eigenvalue weighted by Crippen LogP contribution is -2.42. The lowest BCUT2D eigenvalue weighted by Gasteiger charge is -2.14. The quantitative estimate of drug-likeness (QED) is 0.783. The van der Waals surface area contributed by atoms with Crippen LogP contribution >= 0.6 is 11.7 Å². The minimum Gasteiger partial charge on any atom is -0.410 e. The summed E-state index contributed by atoms with van der Waals surface area (Å²) in [5.74, 6) is -1.90. The first-order valence-corrected chi connectivity index (χ1v) is 6.44. The Kier molecular flexibility index (Phi) is 4.17. The van der Waals surface area contributed by atoms with Gasteiger partial charge in [0.05, 0.1) is 17.2 Å². The van der Waals surface area contributed by atoms with E-state index in [2.05, 4.69) is 8.75 Å². The summed E-state index contributed by atoms with van der Waals surface area (Å²) >= 11 is 0.910. The van der Waals surface area contributed by atoms with Crippen LogP contribution in [0.3, 0.4) is 0 Å². The molecule has 0 radical (unpaired) electrons. The first-order chi connectivity index (χ1) is 9.02. The number of halogens is 2. The molecule has 0 bridgehead atoms. The largest absolute Gasteiger partial charge is 0.498 e. The van der Waals surface area contributed by atoms with Crippen LogP contribution in [0.4, 0.5) is 8.78 Å². The lowest BCUT2D eigenvalue weighted by atomic mass is 9.48. The molecular formula is C10H12B2F2N2O2S. The highest BCUT2D eigenvalue weighted by Gasteiger charge is 2.33. The summed E-state index contributed by atoms with van der Waals surface area (Å²) in [6.45, 7) is 3.36. The zero-order valence-electron chi connectivity index (χ0n) is 11.0. The number of aromatic nitrogens is 2. The average molecular weight is 284 g/mol. The summed E-state index contributed by atoms with van der Waals surface area (Å²) < 4.78 is 46.6. The molecule has 0 atom stereocenters. The van der Waals surface area contributed by atoms with Gasteiger partial charge in [-0.1, -0.05) is 13.6 Å². The van der Waals surface area contributed by atoms with Gasteiger partial charge >= 0.3 is 7.12 Å². The van der Waals surface area contributed by atoms with Gasteiger partial charge in [0.2, 0.25) is 0 Å². The van der Waals surface area contributed by atoms with E-state index in [-0.39, 0.29) is 17.6 Å². The lowest BCUT2D eigenvalue weighted by molar-refractivity contribution is 0.290. The second-order valence-corrected chi connectivity index (χ2v) is 4.90. The van der Waals surface area contributed by atoms with E-state index in [9.17, 15) is 8.78 Å². The maximum Gasteiger partial charge on any atom is 0.498 e. The molecule has 1 aromatic carbocycles. The number of rotatable bonds is 4. The molecule has 2 aromatic rings. The van der Waals surface area contributed by atoms with Crippen molar-refractivity contribution in [2.24, 2.45) is 0 Å². The summed E-state index contributed by atoms with van der Waals surface area (Å²) in [5.41, 5.74) is 0.848. The van der Waals surface area contributed by atoms with Gasteiger partial charge in [-0.25, -0.2) is 8.78 Å². The second-order valence-electron chi connectivity index (χ2n) is 4.37. The molecule has 0 N–H and O–H groups in total. The van der Waals surface area contributed by atoms with Crippen molar-refractivity contribution in [3.8, 4) is 0 Å². The summed E-state index contributed by atoms with van der Waals surface area (Å²) in [5, 5.41) is 0. The fraction of sp³-hybridized carbons (Fsp3) is 0.400. The molecular weight excluding hydrogens is 272 g/mol. The van der Waals surface area contributed by atoms with Crippen molar-refractivity contribution in [2.45, 2.75) is 13.6 Å². The minimum absolute atomic E-state index is 0.0457. The molecule has 0 saturated carbocycles. The first kappa shape index (κ1) is 14.4. The zero-order chi connectivity index (χ0) is 14.2. The van der Waals surface area contributed by atoms with Crippen LogP contribution in [0.15, 0.2) is 0 Å². The minimum atomic E-state index is -1.01. The Morgan fingerprint density at radius 2 is 1.42 bits per heavy atom. The SMILES string of the molecule is COB(OC)c1c(F)c(F)c(B(C)C)c2nsnc12. The molecule has 0 unspecified atom stereocenters. The van der Waals surface area contributed by atoms with Crippen LogP contribution in [-0.2, 0) is 9.31 Å². The third kappa shape index (κ3) is 2.26. The van der Waals surface area contributed by atoms with E-state index < -0.39 is 18.8 Å². The zero-order valence-corrected chi connectivity index (χ0v) is 11.8. The Morgan fingerprint density at radius 3 is 1.89 bits per heavy atom. The Labute approximate surface area is 114 Å². The van der Waals surface area contributed by atoms with Crippen molar-refractivity contribution < 1.29 is 18.1 Å². The molecule has 1 aromatic heterocycles. The van der Waals surface area contributed by atoms with Crippen molar-refractivity contribution >= 4 is 47.5 Å². The Bertz CT molecular complexity index is 605. The molecule has 0 saturated heterocycles. The molecule has 0 fully saturated rings. The van der Waals surface area contributed by atoms with E-state index in [0.29, 0.717) is 11.0 Å². The third-order valence-electron chi connectivity index (χ3n) is 2.91. The molecule has 2 rings (SSSR count). The topological polar surface area (TPSA) is 44.2 Å². The monoisotopic (exact) mass is 284 g/mol. The standard InChI is InChI=1S/C10H12B2F2N2O2S/c1-11(2)5-7(13)8(14)6(12(17-3)18-4)10-9(5)15-19-16-10/h1-4H3. The van der Waals surface area contributed by atoms with Gasteiger partial charge in [-0.05, 0) is 5.46 Å². The van der Waals surface area contributed by atoms with Gasteiger partial charge in [0.15, 0.2) is 18.3 Å². The highest BCUT2D eigenvalue weighted by Crippen LogP contribution is 2.15. The van der Waals surface area contributed by atoms with Crippen LogP contribution in [0.5, 0.6) is 0 Å². The van der Waals surface area contributed by atoms with E-state index >= 15 is 0 Å². The van der Waals surface area contributed by atoms with Crippen molar-refractivity contribution in [3.05, 3.63) is 11.6 Å². The predicted molar refractivity (Wildman–Crippen MR) is 73.9 cm³/mol. The molecule has 9 heteroatoms. The summed E-state index contributed by atoms with van der Waals surface area (Å²) in [6, 6.07) is 0. The molecule has 0 aliphatic rings. The normalized spacial score (nSPS) is 11.1. The number of nitrogens with zero attached hydrogens (tertiary/aromatic N) is 2. The number of benzene rings is 1. The van der Waals surface area contributed by atoms with Crippen LogP contribution in [0.1, 0.15) is 0 Å². The van der Waals surface area contributed by atoms with Gasteiger partial charge in [-0.2, -0.15) is 8.75 Å². The van der Waals surface area contributed by atoms with Crippen LogP contribution in [0.2, 0.25) is 13.6 Å². The van der Waals surface area contributed by atoms with Crippen molar-refractivity contribution in [1.82, 2.24) is 8.75 Å². The maximum absolute atomic E-state index is 14.3. The number of hydrogen-bond acceptors (Lipinski definition) is 5. The summed E-state index contributed by atoms with van der Waals surface area (Å²) in [7, 11) is 1.70. The highest BCUT2D eigenvalue weighted by molar-refractivity contribution is 7.00. The maximum atomic E-state index is 14.3. The van der Waals surface area contributed by atoms with E-state index in [4.69, 9.17) is 9.31 Å². The third-order valence-corrected chi connectivity index (χ3v) is 3.43. The summed E-state index contributed by atoms with van der Waals surface area (Å²) in [6.07, 6.45) is 0. The first-order valence-electron chi connectivity index (χ1n) is 5.71. The van der Waals surface area contributed by atoms with E-state index in [1.165, 1.54) is 14.2 Å². The molecule has 0 spiro atoms. The predicted octanol–water partition coefficient (Wildman–Crippen LogP) is 0.919. The van der Waals surface area contributed by atoms with E-state index in [1.54, 1.807) is 13.6 Å². The van der Waals surface area contributed by atoms with E-state index in [0.717, 1.165) is 11.7 Å². The Morgan fingerprint density at radius 1 is 0.947 bits per heavy atom. The molecule has 0 aliphatic heterocycles. The molecule has 4 nitrogen and oxygen atoms in total. The highest BCUT2D eigenvalue weighted by atomic mass is 32.1. The molecule has 0 aliphatic carbocycles. The fourth-order valence-electron chi connectivity index (χ4n) is 2.06. The van der Waals surface area contributed by atoms with Crippen LogP contribution in [0.25, 0.3) is 11.0 Å². The van der Waals surface area contributed by atoms with Gasteiger partial charge in [0.1, 0.15) is 11.0 Å². The van der Waals surface area contributed by atoms with Gasteiger partial charge in [-0.3, -0.25) is 0 Å². The molecule has 100 valence electrons. The molecule has 19 heavy (non-hydrogen) atoms. The smallest absolute Gasteiger partial charge is 0.410 e. The van der Waals surface area contributed by atoms with Gasteiger partial charge in [0.25, 0.3) is 0 Å². The Balaban J connectivity index is 2.83. The van der Waals surface area contributed by atoms with Gasteiger partial charge in [0, 0.05) is 14.2 Å².